The Hall–Kier alpha value is -0.121. The van der Waals surface area contributed by atoms with Crippen LogP contribution >= 0.6 is 0 Å². The van der Waals surface area contributed by atoms with Gasteiger partial charge in [-0.15, -0.1) is 0 Å². The zero-order chi connectivity index (χ0) is 14.8. The van der Waals surface area contributed by atoms with Crippen LogP contribution in [0.2, 0.25) is 13.3 Å². The molecule has 20 heavy (non-hydrogen) atoms. The molecule has 0 amide bonds. The SMILES string of the molecule is CCC[CH2][Sn]([CH2]CCC)([CH2]CCC)[c]1cnncc1C. The molecule has 1 heterocycles. The first kappa shape index (κ1) is 17.9. The van der Waals surface area contributed by atoms with Crippen LogP contribution in [0, 0.1) is 6.92 Å². The third kappa shape index (κ3) is 5.01. The molecule has 0 aliphatic heterocycles. The zero-order valence-corrected chi connectivity index (χ0v) is 16.8. The van der Waals surface area contributed by atoms with Crippen molar-refractivity contribution in [3.8, 4) is 0 Å². The minimum absolute atomic E-state index is 1.33. The summed E-state index contributed by atoms with van der Waals surface area (Å²) in [6.45, 7) is 9.23. The van der Waals surface area contributed by atoms with E-state index in [0.29, 0.717) is 0 Å². The fourth-order valence-electron chi connectivity index (χ4n) is 3.26. The van der Waals surface area contributed by atoms with Crippen LogP contribution in [0.25, 0.3) is 0 Å². The Morgan fingerprint density at radius 2 is 1.25 bits per heavy atom. The number of hydrogen-bond acceptors (Lipinski definition) is 2. The van der Waals surface area contributed by atoms with Gasteiger partial charge in [-0.3, -0.25) is 0 Å². The zero-order valence-electron chi connectivity index (χ0n) is 13.9. The topological polar surface area (TPSA) is 25.8 Å². The molecule has 1 aromatic heterocycles. The fourth-order valence-corrected chi connectivity index (χ4v) is 20.0. The van der Waals surface area contributed by atoms with E-state index < -0.39 is 18.4 Å². The fraction of sp³-hybridized carbons (Fsp3) is 0.765. The van der Waals surface area contributed by atoms with E-state index in [2.05, 4.69) is 44.1 Å². The first-order chi connectivity index (χ1) is 9.70. The van der Waals surface area contributed by atoms with Crippen molar-refractivity contribution in [3.63, 3.8) is 0 Å². The van der Waals surface area contributed by atoms with Gasteiger partial charge in [-0.2, -0.15) is 0 Å². The van der Waals surface area contributed by atoms with Crippen molar-refractivity contribution >= 4 is 22.0 Å². The number of aromatic nitrogens is 2. The van der Waals surface area contributed by atoms with E-state index >= 15 is 0 Å². The molecule has 0 aromatic carbocycles. The van der Waals surface area contributed by atoms with Gasteiger partial charge in [0.2, 0.25) is 0 Å². The molecule has 0 atom stereocenters. The molecule has 0 radical (unpaired) electrons. The average Bonchev–Trinajstić information content (AvgIpc) is 2.48. The van der Waals surface area contributed by atoms with Crippen LogP contribution in [0.4, 0.5) is 0 Å². The van der Waals surface area contributed by atoms with Gasteiger partial charge in [0.25, 0.3) is 0 Å². The Morgan fingerprint density at radius 1 is 0.800 bits per heavy atom. The van der Waals surface area contributed by atoms with Gasteiger partial charge in [0.05, 0.1) is 0 Å². The summed E-state index contributed by atoms with van der Waals surface area (Å²) < 4.78 is 6.21. The molecular formula is C17H32N2Sn. The second kappa shape index (κ2) is 9.75. The van der Waals surface area contributed by atoms with Crippen LogP contribution in [0.5, 0.6) is 0 Å². The molecule has 0 unspecified atom stereocenters. The summed E-state index contributed by atoms with van der Waals surface area (Å²) in [6, 6.07) is 0. The first-order valence-corrected chi connectivity index (χ1v) is 16.0. The maximum atomic E-state index is 4.24. The molecule has 0 bridgehead atoms. The maximum absolute atomic E-state index is 4.24. The quantitative estimate of drug-likeness (QED) is 0.541. The predicted molar refractivity (Wildman–Crippen MR) is 91.3 cm³/mol. The molecule has 0 aliphatic rings. The Balaban J connectivity index is 3.08. The van der Waals surface area contributed by atoms with Gasteiger partial charge in [-0.05, 0) is 0 Å². The molecule has 0 fully saturated rings. The second-order valence-corrected chi connectivity index (χ2v) is 19.3. The monoisotopic (exact) mass is 384 g/mol. The van der Waals surface area contributed by atoms with E-state index in [9.17, 15) is 0 Å². The van der Waals surface area contributed by atoms with Crippen molar-refractivity contribution in [2.45, 2.75) is 79.5 Å². The van der Waals surface area contributed by atoms with Gasteiger partial charge in [0.1, 0.15) is 0 Å². The van der Waals surface area contributed by atoms with E-state index in [4.69, 9.17) is 0 Å². The summed E-state index contributed by atoms with van der Waals surface area (Å²) in [5.74, 6) is 0. The molecule has 0 saturated carbocycles. The Bertz CT molecular complexity index is 357. The summed E-state index contributed by atoms with van der Waals surface area (Å²) >= 11 is -2.26. The van der Waals surface area contributed by atoms with Crippen LogP contribution in [0.15, 0.2) is 12.4 Å². The summed E-state index contributed by atoms with van der Waals surface area (Å²) in [5, 5.41) is 8.32. The minimum atomic E-state index is -2.26. The average molecular weight is 383 g/mol. The summed E-state index contributed by atoms with van der Waals surface area (Å²) in [7, 11) is 0. The van der Waals surface area contributed by atoms with Gasteiger partial charge in [0.15, 0.2) is 0 Å². The third-order valence-electron chi connectivity index (χ3n) is 4.53. The van der Waals surface area contributed by atoms with E-state index in [1.54, 1.807) is 3.58 Å². The molecule has 2 nitrogen and oxygen atoms in total. The van der Waals surface area contributed by atoms with Crippen LogP contribution in [0.1, 0.15) is 64.9 Å². The van der Waals surface area contributed by atoms with Gasteiger partial charge in [-0.25, -0.2) is 0 Å². The second-order valence-electron chi connectivity index (χ2n) is 6.18. The molecule has 3 heteroatoms. The van der Waals surface area contributed by atoms with Gasteiger partial charge in [-0.1, -0.05) is 0 Å². The molecular weight excluding hydrogens is 351 g/mol. The van der Waals surface area contributed by atoms with Crippen LogP contribution in [-0.2, 0) is 0 Å². The van der Waals surface area contributed by atoms with Crippen molar-refractivity contribution in [3.05, 3.63) is 18.0 Å². The third-order valence-corrected chi connectivity index (χ3v) is 20.5. The molecule has 0 spiro atoms. The number of unbranched alkanes of at least 4 members (excludes halogenated alkanes) is 3. The molecule has 114 valence electrons. The molecule has 0 saturated heterocycles. The van der Waals surface area contributed by atoms with Crippen molar-refractivity contribution in [1.29, 1.82) is 0 Å². The Labute approximate surface area is 129 Å². The standard InChI is InChI=1S/C5H5N2.3C4H9.Sn/c1-5-2-3-6-7-4-5;3*1-3-4-2;/h3-4H,1H3;3*1,3-4H2,2H3;. The normalized spacial score (nSPS) is 11.8. The van der Waals surface area contributed by atoms with E-state index in [0.717, 1.165) is 0 Å². The molecule has 0 N–H and O–H groups in total. The van der Waals surface area contributed by atoms with Crippen molar-refractivity contribution < 1.29 is 0 Å². The Morgan fingerprint density at radius 3 is 1.65 bits per heavy atom. The van der Waals surface area contributed by atoms with E-state index in [1.165, 1.54) is 57.4 Å². The van der Waals surface area contributed by atoms with Crippen LogP contribution in [0.3, 0.4) is 0 Å². The number of hydrogen-bond donors (Lipinski definition) is 0. The van der Waals surface area contributed by atoms with Crippen LogP contribution < -0.4 is 3.58 Å². The number of nitrogens with zero attached hydrogens (tertiary/aromatic N) is 2. The van der Waals surface area contributed by atoms with Crippen LogP contribution in [-0.4, -0.2) is 28.6 Å². The van der Waals surface area contributed by atoms with E-state index in [1.807, 2.05) is 6.20 Å². The van der Waals surface area contributed by atoms with Crippen molar-refractivity contribution in [1.82, 2.24) is 10.2 Å². The summed E-state index contributed by atoms with van der Waals surface area (Å²) in [5.41, 5.74) is 1.42. The van der Waals surface area contributed by atoms with Gasteiger partial charge >= 0.3 is 130 Å². The molecule has 1 aromatic rings. The molecule has 1 rings (SSSR count). The number of aryl methyl sites for hydroxylation is 1. The Kier molecular flexibility index (Phi) is 8.74. The number of rotatable bonds is 10. The predicted octanol–water partition coefficient (Wildman–Crippen LogP) is 4.84. The van der Waals surface area contributed by atoms with E-state index in [-0.39, 0.29) is 0 Å². The summed E-state index contributed by atoms with van der Waals surface area (Å²) in [4.78, 5) is 0. The first-order valence-electron chi connectivity index (χ1n) is 8.48. The van der Waals surface area contributed by atoms with Crippen molar-refractivity contribution in [2.24, 2.45) is 0 Å². The van der Waals surface area contributed by atoms with Crippen molar-refractivity contribution in [2.75, 3.05) is 0 Å². The van der Waals surface area contributed by atoms with Gasteiger partial charge in [0, 0.05) is 0 Å². The summed E-state index contributed by atoms with van der Waals surface area (Å²) in [6.07, 6.45) is 12.3. The van der Waals surface area contributed by atoms with Gasteiger partial charge < -0.3 is 0 Å². The molecule has 0 aliphatic carbocycles.